The van der Waals surface area contributed by atoms with Crippen molar-refractivity contribution in [1.82, 2.24) is 9.97 Å². The molecule has 0 spiro atoms. The molecule has 0 aliphatic rings. The summed E-state index contributed by atoms with van der Waals surface area (Å²) in [6, 6.07) is 23.4. The van der Waals surface area contributed by atoms with Crippen molar-refractivity contribution >= 4 is 74.7 Å². The summed E-state index contributed by atoms with van der Waals surface area (Å²) in [5, 5.41) is 8.86. The topological polar surface area (TPSA) is 217 Å². The van der Waals surface area contributed by atoms with Gasteiger partial charge in [0.15, 0.2) is 5.36 Å². The Labute approximate surface area is 296 Å². The highest BCUT2D eigenvalue weighted by molar-refractivity contribution is 7.86. The van der Waals surface area contributed by atoms with Crippen molar-refractivity contribution in [1.29, 1.82) is 0 Å². The maximum Gasteiger partial charge on any atom is 0.296 e. The van der Waals surface area contributed by atoms with Gasteiger partial charge in [-0.25, -0.2) is 9.97 Å². The molecule has 7 rings (SSSR count). The van der Waals surface area contributed by atoms with E-state index in [0.29, 0.717) is 32.2 Å². The lowest BCUT2D eigenvalue weighted by molar-refractivity contribution is 0.481. The van der Waals surface area contributed by atoms with Crippen LogP contribution in [0.15, 0.2) is 121 Å². The van der Waals surface area contributed by atoms with E-state index in [9.17, 15) is 31.0 Å². The molecule has 0 atom stereocenters. The van der Waals surface area contributed by atoms with Gasteiger partial charge in [-0.1, -0.05) is 6.07 Å². The molecule has 51 heavy (non-hydrogen) atoms. The third-order valence-corrected chi connectivity index (χ3v) is 11.8. The maximum atomic E-state index is 12.9. The maximum absolute atomic E-state index is 12.9. The fraction of sp³-hybridized carbons (Fsp3) is 0.0303. The van der Waals surface area contributed by atoms with Crippen LogP contribution in [0.2, 0.25) is 0 Å². The van der Waals surface area contributed by atoms with Crippen molar-refractivity contribution in [2.45, 2.75) is 16.7 Å². The van der Waals surface area contributed by atoms with E-state index < -0.39 is 31.1 Å². The molecule has 4 N–H and O–H groups in total. The van der Waals surface area contributed by atoms with E-state index in [1.165, 1.54) is 40.9 Å². The average Bonchev–Trinajstić information content (AvgIpc) is 3.71. The summed E-state index contributed by atoms with van der Waals surface area (Å²) < 4.78 is 66.7. The van der Waals surface area contributed by atoms with Gasteiger partial charge >= 0.3 is 0 Å². The zero-order valence-corrected chi connectivity index (χ0v) is 29.2. The molecule has 5 aromatic carbocycles. The molecule has 0 radical (unpaired) electrons. The third kappa shape index (κ3) is 6.96. The highest BCUT2D eigenvalue weighted by atomic mass is 32.2. The van der Waals surface area contributed by atoms with Gasteiger partial charge in [-0.3, -0.25) is 29.5 Å². The lowest BCUT2D eigenvalue weighted by atomic mass is 10.2. The smallest absolute Gasteiger partial charge is 0.287 e. The molecule has 0 fully saturated rings. The Morgan fingerprint density at radius 1 is 0.667 bits per heavy atom. The van der Waals surface area contributed by atoms with Crippen LogP contribution in [0, 0.1) is 6.92 Å². The third-order valence-electron chi connectivity index (χ3n) is 7.56. The zero-order valence-electron chi connectivity index (χ0n) is 25.9. The first-order valence-electron chi connectivity index (χ1n) is 14.7. The summed E-state index contributed by atoms with van der Waals surface area (Å²) in [7, 11) is -8.79. The van der Waals surface area contributed by atoms with E-state index >= 15 is 0 Å². The lowest BCUT2D eigenvalue weighted by Gasteiger charge is -2.02. The summed E-state index contributed by atoms with van der Waals surface area (Å²) in [6.45, 7) is 1.62. The summed E-state index contributed by atoms with van der Waals surface area (Å²) in [5.41, 5.74) is 8.06. The van der Waals surface area contributed by atoms with E-state index in [1.807, 2.05) is 30.3 Å². The number of benzene rings is 5. The number of anilines is 2. The van der Waals surface area contributed by atoms with Gasteiger partial charge in [0.2, 0.25) is 10.9 Å². The van der Waals surface area contributed by atoms with Gasteiger partial charge in [-0.2, -0.15) is 27.0 Å². The van der Waals surface area contributed by atoms with E-state index in [4.69, 9.17) is 9.54 Å². The minimum absolute atomic E-state index is 0.107. The fourth-order valence-corrected chi connectivity index (χ4v) is 8.86. The molecule has 18 heteroatoms. The second kappa shape index (κ2) is 13.0. The van der Waals surface area contributed by atoms with Crippen LogP contribution in [0.4, 0.5) is 11.4 Å². The van der Waals surface area contributed by atoms with Gasteiger partial charge in [0.25, 0.3) is 20.2 Å². The van der Waals surface area contributed by atoms with Gasteiger partial charge in [-0.05, 0) is 97.4 Å². The standard InChI is InChI=1S/C33H22N6O8S4/c1-17-2-12-25-30(31(17)51(45,46)47)49-33(35-25)19-5-13-23-27(16-19)48-32(34-23)18-3-6-20(7-4-18)37-39-28-26(40)15-14-24(29(28)41)38-36-21-8-10-22(11-9-21)50(42,43)44/h2-16,36-37H,1H3,(H,42,43,44)(H,45,46,47). The number of nitrogens with one attached hydrogen (secondary N) is 2. The molecule has 0 saturated heterocycles. The predicted molar refractivity (Wildman–Crippen MR) is 194 cm³/mol. The Kier molecular flexibility index (Phi) is 8.66. The molecular weight excluding hydrogens is 737 g/mol. The number of hydrogen-bond donors (Lipinski definition) is 4. The number of thiazole rings is 2. The highest BCUT2D eigenvalue weighted by Crippen LogP contribution is 2.38. The minimum Gasteiger partial charge on any atom is -0.287 e. The highest BCUT2D eigenvalue weighted by Gasteiger charge is 2.21. The molecule has 2 aromatic heterocycles. The van der Waals surface area contributed by atoms with E-state index in [0.717, 1.165) is 44.6 Å². The quantitative estimate of drug-likeness (QED) is 0.125. The van der Waals surface area contributed by atoms with Crippen molar-refractivity contribution in [3.63, 3.8) is 0 Å². The zero-order chi connectivity index (χ0) is 36.1. The van der Waals surface area contributed by atoms with Gasteiger partial charge in [0.05, 0.1) is 36.7 Å². The van der Waals surface area contributed by atoms with Crippen molar-refractivity contribution in [3.8, 4) is 21.1 Å². The number of nitrogens with zero attached hydrogens (tertiary/aromatic N) is 4. The Bertz CT molecular complexity index is 2970. The van der Waals surface area contributed by atoms with E-state index in [2.05, 4.69) is 26.0 Å². The Balaban J connectivity index is 1.10. The predicted octanol–water partition coefficient (Wildman–Crippen LogP) is 4.49. The normalized spacial score (nSPS) is 12.9. The SMILES string of the molecule is Cc1ccc2nc(-c3ccc4nc(-c5ccc(NN=c6c(=O)ccc(=NNc7ccc(S(=O)(=O)O)cc7)c6=O)cc5)sc4c3)sc2c1S(=O)(=O)O. The first-order valence-corrected chi connectivity index (χ1v) is 19.2. The second-order valence-electron chi connectivity index (χ2n) is 11.0. The molecule has 14 nitrogen and oxygen atoms in total. The van der Waals surface area contributed by atoms with E-state index in [1.54, 1.807) is 31.2 Å². The molecule has 0 saturated carbocycles. The van der Waals surface area contributed by atoms with Crippen LogP contribution < -0.4 is 32.4 Å². The average molecular weight is 759 g/mol. The van der Waals surface area contributed by atoms with Crippen molar-refractivity contribution in [2.24, 2.45) is 10.2 Å². The molecule has 2 heterocycles. The molecule has 0 unspecified atom stereocenters. The Morgan fingerprint density at radius 2 is 1.27 bits per heavy atom. The lowest BCUT2D eigenvalue weighted by Crippen LogP contribution is -2.47. The van der Waals surface area contributed by atoms with E-state index in [-0.39, 0.29) is 20.5 Å². The Morgan fingerprint density at radius 3 is 1.96 bits per heavy atom. The number of hydrogen-bond acceptors (Lipinski definition) is 14. The van der Waals surface area contributed by atoms with Gasteiger partial charge in [-0.15, -0.1) is 22.7 Å². The van der Waals surface area contributed by atoms with Crippen molar-refractivity contribution in [3.05, 3.63) is 128 Å². The van der Waals surface area contributed by atoms with Crippen LogP contribution in [0.1, 0.15) is 5.56 Å². The van der Waals surface area contributed by atoms with Gasteiger partial charge < -0.3 is 0 Å². The summed E-state index contributed by atoms with van der Waals surface area (Å²) >= 11 is 2.64. The first-order chi connectivity index (χ1) is 24.2. The van der Waals surface area contributed by atoms with Crippen LogP contribution in [0.3, 0.4) is 0 Å². The molecule has 7 aromatic rings. The van der Waals surface area contributed by atoms with Crippen molar-refractivity contribution in [2.75, 3.05) is 10.9 Å². The van der Waals surface area contributed by atoms with Crippen molar-refractivity contribution < 1.29 is 25.9 Å². The monoisotopic (exact) mass is 758 g/mol. The summed E-state index contributed by atoms with van der Waals surface area (Å²) in [4.78, 5) is 34.3. The fourth-order valence-electron chi connectivity index (χ4n) is 5.06. The number of fused-ring (bicyclic) bond motifs is 2. The molecule has 0 amide bonds. The van der Waals surface area contributed by atoms with Crippen LogP contribution in [-0.2, 0) is 20.2 Å². The Hall–Kier alpha value is -5.50. The van der Waals surface area contributed by atoms with Gasteiger partial charge in [0, 0.05) is 11.1 Å². The molecule has 0 aliphatic heterocycles. The number of aromatic nitrogens is 2. The molecule has 256 valence electrons. The largest absolute Gasteiger partial charge is 0.296 e. The second-order valence-corrected chi connectivity index (χ2v) is 15.8. The molecular formula is C33H22N6O8S4. The first kappa shape index (κ1) is 34.0. The summed E-state index contributed by atoms with van der Waals surface area (Å²) in [5.74, 6) is 0. The van der Waals surface area contributed by atoms with Crippen LogP contribution in [-0.4, -0.2) is 35.9 Å². The number of aryl methyl sites for hydroxylation is 1. The van der Waals surface area contributed by atoms with Crippen LogP contribution in [0.25, 0.3) is 41.6 Å². The summed E-state index contributed by atoms with van der Waals surface area (Å²) in [6.07, 6.45) is 0. The van der Waals surface area contributed by atoms with Gasteiger partial charge in [0.1, 0.15) is 20.3 Å². The van der Waals surface area contributed by atoms with Crippen LogP contribution in [0.5, 0.6) is 0 Å². The molecule has 0 aliphatic carbocycles. The minimum atomic E-state index is -4.43. The number of rotatable bonds is 8. The van der Waals surface area contributed by atoms with Crippen LogP contribution >= 0.6 is 22.7 Å². The molecule has 0 bridgehead atoms.